The Morgan fingerprint density at radius 2 is 1.95 bits per heavy atom. The largest absolute Gasteiger partial charge is 0.391 e. The van der Waals surface area contributed by atoms with Crippen molar-refractivity contribution in [2.75, 3.05) is 32.8 Å². The molecule has 20 heavy (non-hydrogen) atoms. The summed E-state index contributed by atoms with van der Waals surface area (Å²) in [5.74, 6) is -1.61. The molecule has 2 aliphatic heterocycles. The molecule has 2 rings (SSSR count). The fourth-order valence-corrected chi connectivity index (χ4v) is 2.92. The molecule has 0 spiro atoms. The third kappa shape index (κ3) is 3.44. The number of ether oxygens (including phenoxy) is 1. The minimum atomic E-state index is -4.14. The van der Waals surface area contributed by atoms with Crippen molar-refractivity contribution in [1.29, 1.82) is 0 Å². The van der Waals surface area contributed by atoms with Crippen LogP contribution >= 0.6 is 0 Å². The Labute approximate surface area is 116 Å². The SMILES string of the molecule is CCNC1COCC1C(=O)N1CCC(C(F)(F)F)CC1. The van der Waals surface area contributed by atoms with Crippen LogP contribution in [0.25, 0.3) is 0 Å². The molecule has 116 valence electrons. The molecule has 2 atom stereocenters. The molecule has 1 amide bonds. The maximum Gasteiger partial charge on any atom is 0.391 e. The summed E-state index contributed by atoms with van der Waals surface area (Å²) in [5.41, 5.74) is 0. The number of carbonyl (C=O) groups excluding carboxylic acids is 1. The van der Waals surface area contributed by atoms with Gasteiger partial charge < -0.3 is 15.0 Å². The van der Waals surface area contributed by atoms with Crippen LogP contribution in [0.4, 0.5) is 13.2 Å². The quantitative estimate of drug-likeness (QED) is 0.856. The van der Waals surface area contributed by atoms with Crippen molar-refractivity contribution in [3.05, 3.63) is 0 Å². The Balaban J connectivity index is 1.88. The number of nitrogens with one attached hydrogen (secondary N) is 1. The summed E-state index contributed by atoms with van der Waals surface area (Å²) < 4.78 is 43.1. The van der Waals surface area contributed by atoms with E-state index in [0.717, 1.165) is 6.54 Å². The van der Waals surface area contributed by atoms with Crippen molar-refractivity contribution < 1.29 is 22.7 Å². The van der Waals surface area contributed by atoms with Crippen molar-refractivity contribution >= 4 is 5.91 Å². The molecule has 2 aliphatic rings. The van der Waals surface area contributed by atoms with Gasteiger partial charge in [0.2, 0.25) is 5.91 Å². The van der Waals surface area contributed by atoms with Gasteiger partial charge in [0.1, 0.15) is 0 Å². The molecule has 4 nitrogen and oxygen atoms in total. The van der Waals surface area contributed by atoms with E-state index in [0.29, 0.717) is 13.2 Å². The molecular weight excluding hydrogens is 273 g/mol. The first-order valence-corrected chi connectivity index (χ1v) is 7.10. The molecule has 0 aromatic carbocycles. The van der Waals surface area contributed by atoms with Crippen LogP contribution in [0.15, 0.2) is 0 Å². The predicted octanol–water partition coefficient (Wildman–Crippen LogP) is 1.41. The van der Waals surface area contributed by atoms with Gasteiger partial charge in [-0.3, -0.25) is 4.79 Å². The molecule has 0 radical (unpaired) electrons. The second-order valence-electron chi connectivity index (χ2n) is 5.45. The number of likely N-dealkylation sites (N-methyl/N-ethyl adjacent to an activating group) is 1. The number of alkyl halides is 3. The molecule has 0 aliphatic carbocycles. The zero-order valence-electron chi connectivity index (χ0n) is 11.6. The lowest BCUT2D eigenvalue weighted by molar-refractivity contribution is -0.187. The van der Waals surface area contributed by atoms with Crippen molar-refractivity contribution in [1.82, 2.24) is 10.2 Å². The van der Waals surface area contributed by atoms with Gasteiger partial charge in [0, 0.05) is 19.1 Å². The molecule has 2 fully saturated rings. The van der Waals surface area contributed by atoms with Crippen LogP contribution < -0.4 is 5.32 Å². The number of amides is 1. The van der Waals surface area contributed by atoms with E-state index in [1.807, 2.05) is 6.92 Å². The molecule has 2 saturated heterocycles. The summed E-state index contributed by atoms with van der Waals surface area (Å²) in [6.07, 6.45) is -4.12. The van der Waals surface area contributed by atoms with Gasteiger partial charge in [0.15, 0.2) is 0 Å². The van der Waals surface area contributed by atoms with Gasteiger partial charge in [0.25, 0.3) is 0 Å². The molecule has 0 saturated carbocycles. The summed E-state index contributed by atoms with van der Waals surface area (Å²) in [7, 11) is 0. The zero-order chi connectivity index (χ0) is 14.8. The maximum atomic E-state index is 12.6. The molecule has 7 heteroatoms. The van der Waals surface area contributed by atoms with Gasteiger partial charge in [-0.25, -0.2) is 0 Å². The minimum Gasteiger partial charge on any atom is -0.379 e. The molecule has 0 aromatic rings. The molecule has 0 bridgehead atoms. The summed E-state index contributed by atoms with van der Waals surface area (Å²) in [6, 6.07) is -0.0205. The van der Waals surface area contributed by atoms with Crippen LogP contribution in [0.3, 0.4) is 0 Å². The monoisotopic (exact) mass is 294 g/mol. The van der Waals surface area contributed by atoms with Crippen molar-refractivity contribution in [2.45, 2.75) is 32.0 Å². The lowest BCUT2D eigenvalue weighted by Gasteiger charge is -2.35. The number of piperidine rings is 1. The van der Waals surface area contributed by atoms with E-state index in [9.17, 15) is 18.0 Å². The van der Waals surface area contributed by atoms with Crippen LogP contribution in [0.1, 0.15) is 19.8 Å². The Morgan fingerprint density at radius 1 is 1.30 bits per heavy atom. The number of hydrogen-bond donors (Lipinski definition) is 1. The van der Waals surface area contributed by atoms with Crippen LogP contribution in [-0.4, -0.2) is 55.9 Å². The molecular formula is C13H21F3N2O2. The van der Waals surface area contributed by atoms with Crippen molar-refractivity contribution in [3.63, 3.8) is 0 Å². The lowest BCUT2D eigenvalue weighted by atomic mass is 9.94. The summed E-state index contributed by atoms with van der Waals surface area (Å²) >= 11 is 0. The zero-order valence-corrected chi connectivity index (χ0v) is 11.6. The third-order valence-electron chi connectivity index (χ3n) is 4.13. The number of nitrogens with zero attached hydrogens (tertiary/aromatic N) is 1. The highest BCUT2D eigenvalue weighted by atomic mass is 19.4. The number of likely N-dealkylation sites (tertiary alicyclic amines) is 1. The first kappa shape index (κ1) is 15.6. The highest BCUT2D eigenvalue weighted by Gasteiger charge is 2.43. The fourth-order valence-electron chi connectivity index (χ4n) is 2.92. The lowest BCUT2D eigenvalue weighted by Crippen LogP contribution is -2.49. The minimum absolute atomic E-state index is 0.00862. The van der Waals surface area contributed by atoms with Gasteiger partial charge in [-0.05, 0) is 19.4 Å². The highest BCUT2D eigenvalue weighted by Crippen LogP contribution is 2.34. The molecule has 2 unspecified atom stereocenters. The number of halogens is 3. The summed E-state index contributed by atoms with van der Waals surface area (Å²) in [6.45, 7) is 3.93. The van der Waals surface area contributed by atoms with Gasteiger partial charge in [-0.15, -0.1) is 0 Å². The Hall–Kier alpha value is -0.820. The average Bonchev–Trinajstić information content (AvgIpc) is 2.86. The third-order valence-corrected chi connectivity index (χ3v) is 4.13. The van der Waals surface area contributed by atoms with Gasteiger partial charge in [-0.2, -0.15) is 13.2 Å². The molecule has 2 heterocycles. The summed E-state index contributed by atoms with van der Waals surface area (Å²) in [4.78, 5) is 13.9. The average molecular weight is 294 g/mol. The highest BCUT2D eigenvalue weighted by molar-refractivity contribution is 5.80. The smallest absolute Gasteiger partial charge is 0.379 e. The Morgan fingerprint density at radius 3 is 2.50 bits per heavy atom. The van der Waals surface area contributed by atoms with E-state index >= 15 is 0 Å². The Bertz CT molecular complexity index is 341. The van der Waals surface area contributed by atoms with Crippen LogP contribution in [-0.2, 0) is 9.53 Å². The van der Waals surface area contributed by atoms with E-state index in [2.05, 4.69) is 5.32 Å². The number of rotatable bonds is 3. The second-order valence-corrected chi connectivity index (χ2v) is 5.45. The van der Waals surface area contributed by atoms with E-state index in [1.54, 1.807) is 4.90 Å². The number of hydrogen-bond acceptors (Lipinski definition) is 3. The summed E-state index contributed by atoms with van der Waals surface area (Å²) in [5, 5.41) is 3.20. The van der Waals surface area contributed by atoms with Gasteiger partial charge >= 0.3 is 6.18 Å². The van der Waals surface area contributed by atoms with E-state index in [1.165, 1.54) is 0 Å². The molecule has 0 aromatic heterocycles. The van der Waals surface area contributed by atoms with Gasteiger partial charge in [-0.1, -0.05) is 6.92 Å². The fraction of sp³-hybridized carbons (Fsp3) is 0.923. The number of carbonyl (C=O) groups is 1. The van der Waals surface area contributed by atoms with Crippen LogP contribution in [0, 0.1) is 11.8 Å². The maximum absolute atomic E-state index is 12.6. The van der Waals surface area contributed by atoms with E-state index in [4.69, 9.17) is 4.74 Å². The van der Waals surface area contributed by atoms with Crippen LogP contribution in [0.5, 0.6) is 0 Å². The van der Waals surface area contributed by atoms with Gasteiger partial charge in [0.05, 0.1) is 25.0 Å². The standard InChI is InChI=1S/C13H21F3N2O2/c1-2-17-11-8-20-7-10(11)12(19)18-5-3-9(4-6-18)13(14,15)16/h9-11,17H,2-8H2,1H3. The van der Waals surface area contributed by atoms with E-state index < -0.39 is 12.1 Å². The molecule has 1 N–H and O–H groups in total. The van der Waals surface area contributed by atoms with E-state index in [-0.39, 0.29) is 43.8 Å². The second kappa shape index (κ2) is 6.30. The van der Waals surface area contributed by atoms with Crippen LogP contribution in [0.2, 0.25) is 0 Å². The van der Waals surface area contributed by atoms with Crippen molar-refractivity contribution in [2.24, 2.45) is 11.8 Å². The first-order chi connectivity index (χ1) is 9.43. The van der Waals surface area contributed by atoms with Crippen molar-refractivity contribution in [3.8, 4) is 0 Å². The Kier molecular flexibility index (Phi) is 4.90. The topological polar surface area (TPSA) is 41.6 Å². The normalized spacial score (nSPS) is 28.9. The first-order valence-electron chi connectivity index (χ1n) is 7.10. The predicted molar refractivity (Wildman–Crippen MR) is 67.1 cm³/mol.